The second-order valence-electron chi connectivity index (χ2n) is 6.06. The largest absolute Gasteiger partial charge is 0.444 e. The van der Waals surface area contributed by atoms with Gasteiger partial charge < -0.3 is 9.64 Å². The number of likely N-dealkylation sites (tertiary alicyclic amines) is 1. The molecule has 0 radical (unpaired) electrons. The van der Waals surface area contributed by atoms with E-state index in [-0.39, 0.29) is 17.1 Å². The molecule has 1 atom stereocenters. The maximum absolute atomic E-state index is 12.0. The van der Waals surface area contributed by atoms with Crippen molar-refractivity contribution in [2.45, 2.75) is 50.3 Å². The molecule has 19 heavy (non-hydrogen) atoms. The fourth-order valence-electron chi connectivity index (χ4n) is 2.36. The van der Waals surface area contributed by atoms with E-state index in [0.717, 1.165) is 18.6 Å². The van der Waals surface area contributed by atoms with Crippen LogP contribution in [-0.4, -0.2) is 46.5 Å². The Hall–Kier alpha value is -0.930. The highest BCUT2D eigenvalue weighted by atomic mass is 32.2. The molecule has 0 aromatic rings. The molecule has 2 fully saturated rings. The topological polar surface area (TPSA) is 45.9 Å². The van der Waals surface area contributed by atoms with Crippen LogP contribution in [0.5, 0.6) is 0 Å². The lowest BCUT2D eigenvalue weighted by Gasteiger charge is -2.38. The van der Waals surface area contributed by atoms with Crippen LogP contribution in [0.25, 0.3) is 4.85 Å². The van der Waals surface area contributed by atoms with Gasteiger partial charge in [0.2, 0.25) is 0 Å². The number of piperidine rings is 1. The highest BCUT2D eigenvalue weighted by molar-refractivity contribution is 8.00. The monoisotopic (exact) mass is 283 g/mol. The zero-order chi connectivity index (χ0) is 14.1. The third kappa shape index (κ3) is 3.54. The van der Waals surface area contributed by atoms with Gasteiger partial charge in [0.25, 0.3) is 6.17 Å². The quantitative estimate of drug-likeness (QED) is 0.693. The normalized spacial score (nSPS) is 26.2. The van der Waals surface area contributed by atoms with Crippen molar-refractivity contribution in [3.63, 3.8) is 0 Å². The Morgan fingerprint density at radius 3 is 2.58 bits per heavy atom. The number of thioether (sulfide) groups is 1. The van der Waals surface area contributed by atoms with Gasteiger partial charge in [-0.1, -0.05) is 0 Å². The minimum absolute atomic E-state index is 0.00622. The molecule has 0 saturated carbocycles. The van der Waals surface area contributed by atoms with Gasteiger partial charge in [-0.2, -0.15) is 0 Å². The third-order valence-corrected chi connectivity index (χ3v) is 4.89. The molecule has 2 rings (SSSR count). The standard InChI is InChI=1S/C13H21N3O2S/c1-12(2,3)18-11(17)16-7-5-13(6-8-16)15-10(14-4)9-19-13/h10,15H,5-9H2,1-3H3/t10-/m0/s1. The van der Waals surface area contributed by atoms with Gasteiger partial charge in [-0.05, 0) is 33.6 Å². The summed E-state index contributed by atoms with van der Waals surface area (Å²) in [6, 6.07) is 0. The summed E-state index contributed by atoms with van der Waals surface area (Å²) in [5.41, 5.74) is -0.443. The number of rotatable bonds is 0. The van der Waals surface area contributed by atoms with Crippen LogP contribution in [0.15, 0.2) is 0 Å². The van der Waals surface area contributed by atoms with Gasteiger partial charge in [-0.25, -0.2) is 16.7 Å². The van der Waals surface area contributed by atoms with Gasteiger partial charge in [0.1, 0.15) is 5.60 Å². The molecule has 1 spiro atoms. The molecule has 2 saturated heterocycles. The summed E-state index contributed by atoms with van der Waals surface area (Å²) in [5.74, 6) is 0.843. The van der Waals surface area contributed by atoms with E-state index >= 15 is 0 Å². The van der Waals surface area contributed by atoms with Crippen molar-refractivity contribution in [3.05, 3.63) is 11.4 Å². The van der Waals surface area contributed by atoms with Crippen LogP contribution in [0.3, 0.4) is 0 Å². The van der Waals surface area contributed by atoms with Gasteiger partial charge >= 0.3 is 6.09 Å². The van der Waals surface area contributed by atoms with Crippen molar-refractivity contribution in [1.82, 2.24) is 10.2 Å². The first-order chi connectivity index (χ1) is 8.84. The van der Waals surface area contributed by atoms with E-state index in [1.54, 1.807) is 4.90 Å². The predicted octanol–water partition coefficient (Wildman–Crippen LogP) is 2.30. The number of amides is 1. The molecule has 0 aliphatic carbocycles. The zero-order valence-corrected chi connectivity index (χ0v) is 12.5. The van der Waals surface area contributed by atoms with Crippen molar-refractivity contribution in [2.75, 3.05) is 18.8 Å². The maximum Gasteiger partial charge on any atom is 0.410 e. The summed E-state index contributed by atoms with van der Waals surface area (Å²) < 4.78 is 5.38. The lowest BCUT2D eigenvalue weighted by atomic mass is 10.0. The fourth-order valence-corrected chi connectivity index (χ4v) is 3.69. The summed E-state index contributed by atoms with van der Waals surface area (Å²) in [6.07, 6.45) is 1.46. The highest BCUT2D eigenvalue weighted by Crippen LogP contribution is 2.39. The number of hydrogen-bond donors (Lipinski definition) is 1. The number of hydrogen-bond acceptors (Lipinski definition) is 4. The molecule has 0 aromatic heterocycles. The minimum Gasteiger partial charge on any atom is -0.444 e. The van der Waals surface area contributed by atoms with Crippen LogP contribution >= 0.6 is 11.8 Å². The summed E-state index contributed by atoms with van der Waals surface area (Å²) in [4.78, 5) is 17.3. The smallest absolute Gasteiger partial charge is 0.410 e. The summed E-state index contributed by atoms with van der Waals surface area (Å²) in [6.45, 7) is 14.1. The Morgan fingerprint density at radius 1 is 1.47 bits per heavy atom. The highest BCUT2D eigenvalue weighted by Gasteiger charge is 2.45. The van der Waals surface area contributed by atoms with Crippen LogP contribution in [0.4, 0.5) is 4.79 Å². The van der Waals surface area contributed by atoms with Crippen LogP contribution in [0, 0.1) is 6.57 Å². The van der Waals surface area contributed by atoms with Gasteiger partial charge in [0, 0.05) is 13.1 Å². The Morgan fingerprint density at radius 2 is 2.11 bits per heavy atom. The fraction of sp³-hybridized carbons (Fsp3) is 0.846. The number of nitrogens with zero attached hydrogens (tertiary/aromatic N) is 2. The predicted molar refractivity (Wildman–Crippen MR) is 75.8 cm³/mol. The number of ether oxygens (including phenoxy) is 1. The first-order valence-corrected chi connectivity index (χ1v) is 7.58. The van der Waals surface area contributed by atoms with Gasteiger partial charge in [0.05, 0.1) is 10.6 Å². The van der Waals surface area contributed by atoms with Crippen LogP contribution in [0.1, 0.15) is 33.6 Å². The molecule has 0 bridgehead atoms. The third-order valence-electron chi connectivity index (χ3n) is 3.33. The van der Waals surface area contributed by atoms with Gasteiger partial charge in [-0.15, -0.1) is 11.8 Å². The SMILES string of the molecule is [C-]#[N+][C@@H]1CSC2(CCN(C(=O)OC(C)(C)C)CC2)N1. The maximum atomic E-state index is 12.0. The molecule has 0 aromatic carbocycles. The Bertz CT molecular complexity index is 392. The summed E-state index contributed by atoms with van der Waals surface area (Å²) in [7, 11) is 0. The molecular formula is C13H21N3O2S. The van der Waals surface area contributed by atoms with Crippen molar-refractivity contribution < 1.29 is 9.53 Å². The molecule has 2 aliphatic rings. The molecule has 106 valence electrons. The number of nitrogens with one attached hydrogen (secondary N) is 1. The van der Waals surface area contributed by atoms with Crippen molar-refractivity contribution >= 4 is 17.9 Å². The second kappa shape index (κ2) is 5.22. The second-order valence-corrected chi connectivity index (χ2v) is 7.47. The lowest BCUT2D eigenvalue weighted by Crippen LogP contribution is -2.52. The molecule has 6 heteroatoms. The van der Waals surface area contributed by atoms with E-state index in [4.69, 9.17) is 11.3 Å². The van der Waals surface area contributed by atoms with E-state index in [9.17, 15) is 4.79 Å². The lowest BCUT2D eigenvalue weighted by molar-refractivity contribution is 0.0189. The number of carbonyl (C=O) groups excluding carboxylic acids is 1. The molecule has 1 amide bonds. The van der Waals surface area contributed by atoms with E-state index in [0.29, 0.717) is 13.1 Å². The van der Waals surface area contributed by atoms with E-state index in [1.165, 1.54) is 0 Å². The molecular weight excluding hydrogens is 262 g/mol. The Kier molecular flexibility index (Phi) is 3.98. The minimum atomic E-state index is -0.443. The Labute approximate surface area is 118 Å². The molecule has 2 heterocycles. The van der Waals surface area contributed by atoms with E-state index in [2.05, 4.69) is 10.2 Å². The summed E-state index contributed by atoms with van der Waals surface area (Å²) in [5, 5.41) is 3.39. The first-order valence-electron chi connectivity index (χ1n) is 6.60. The Balaban J connectivity index is 1.86. The first kappa shape index (κ1) is 14.5. The van der Waals surface area contributed by atoms with Crippen molar-refractivity contribution in [1.29, 1.82) is 0 Å². The molecule has 5 nitrogen and oxygen atoms in total. The van der Waals surface area contributed by atoms with Gasteiger partial charge in [-0.3, -0.25) is 4.85 Å². The van der Waals surface area contributed by atoms with Crippen molar-refractivity contribution in [2.24, 2.45) is 0 Å². The molecule has 0 unspecified atom stereocenters. The van der Waals surface area contributed by atoms with E-state index in [1.807, 2.05) is 32.5 Å². The summed E-state index contributed by atoms with van der Waals surface area (Å²) >= 11 is 1.82. The van der Waals surface area contributed by atoms with Gasteiger partial charge in [0.15, 0.2) is 0 Å². The molecule has 2 aliphatic heterocycles. The van der Waals surface area contributed by atoms with Crippen LogP contribution < -0.4 is 5.32 Å². The van der Waals surface area contributed by atoms with Crippen molar-refractivity contribution in [3.8, 4) is 0 Å². The van der Waals surface area contributed by atoms with E-state index < -0.39 is 5.60 Å². The van der Waals surface area contributed by atoms with Crippen LogP contribution in [-0.2, 0) is 4.74 Å². The average molecular weight is 283 g/mol. The number of carbonyl (C=O) groups is 1. The average Bonchev–Trinajstić information content (AvgIpc) is 2.71. The zero-order valence-electron chi connectivity index (χ0n) is 11.7. The van der Waals surface area contributed by atoms with Crippen LogP contribution in [0.2, 0.25) is 0 Å². The molecule has 1 N–H and O–H groups in total.